The maximum Gasteiger partial charge on any atom is 0.128 e. The molecule has 19 heavy (non-hydrogen) atoms. The van der Waals surface area contributed by atoms with Crippen LogP contribution in [0, 0.1) is 5.92 Å². The second kappa shape index (κ2) is 6.02. The molecule has 0 aliphatic heterocycles. The molecule has 0 bridgehead atoms. The lowest BCUT2D eigenvalue weighted by Gasteiger charge is -2.19. The Morgan fingerprint density at radius 2 is 2.00 bits per heavy atom. The van der Waals surface area contributed by atoms with E-state index in [1.54, 1.807) is 0 Å². The van der Waals surface area contributed by atoms with Crippen molar-refractivity contribution in [3.05, 3.63) is 35.9 Å². The standard InChI is InChI=1S/C16H23N3/c1-12(2)8-9-19(3)11-14-10-13-6-4-5-7-15(13)18-16(14)17/h4-7,10,12H,8-9,11H2,1-3H3,(H2,17,18). The molecule has 0 aliphatic carbocycles. The molecule has 102 valence electrons. The van der Waals surface area contributed by atoms with Crippen molar-refractivity contribution in [2.45, 2.75) is 26.8 Å². The van der Waals surface area contributed by atoms with Crippen LogP contribution in [0.1, 0.15) is 25.8 Å². The first kappa shape index (κ1) is 13.8. The van der Waals surface area contributed by atoms with Crippen LogP contribution in [0.3, 0.4) is 0 Å². The fourth-order valence-electron chi connectivity index (χ4n) is 2.15. The number of aromatic nitrogens is 1. The monoisotopic (exact) mass is 257 g/mol. The Bertz CT molecular complexity index is 549. The molecule has 2 rings (SSSR count). The summed E-state index contributed by atoms with van der Waals surface area (Å²) in [6.07, 6.45) is 1.21. The van der Waals surface area contributed by atoms with Gasteiger partial charge in [0.05, 0.1) is 5.52 Å². The molecule has 0 saturated heterocycles. The van der Waals surface area contributed by atoms with Gasteiger partial charge in [0.1, 0.15) is 5.82 Å². The Kier molecular flexibility index (Phi) is 4.38. The van der Waals surface area contributed by atoms with E-state index in [0.717, 1.165) is 35.5 Å². The summed E-state index contributed by atoms with van der Waals surface area (Å²) in [6, 6.07) is 10.3. The molecular formula is C16H23N3. The number of nitrogen functional groups attached to an aromatic ring is 1. The number of rotatable bonds is 5. The normalized spacial score (nSPS) is 11.6. The number of anilines is 1. The molecule has 2 N–H and O–H groups in total. The lowest BCUT2D eigenvalue weighted by Crippen LogP contribution is -2.21. The summed E-state index contributed by atoms with van der Waals surface area (Å²) < 4.78 is 0. The fraction of sp³-hybridized carbons (Fsp3) is 0.438. The van der Waals surface area contributed by atoms with Gasteiger partial charge in [0, 0.05) is 17.5 Å². The second-order valence-electron chi connectivity index (χ2n) is 5.65. The van der Waals surface area contributed by atoms with E-state index in [4.69, 9.17) is 5.73 Å². The van der Waals surface area contributed by atoms with Crippen molar-refractivity contribution >= 4 is 16.7 Å². The molecule has 0 unspecified atom stereocenters. The molecule has 0 radical (unpaired) electrons. The minimum atomic E-state index is 0.648. The summed E-state index contributed by atoms with van der Waals surface area (Å²) in [5.74, 6) is 1.38. The van der Waals surface area contributed by atoms with Gasteiger partial charge in [-0.25, -0.2) is 4.98 Å². The average Bonchev–Trinajstić information content (AvgIpc) is 2.37. The van der Waals surface area contributed by atoms with Crippen molar-refractivity contribution in [3.8, 4) is 0 Å². The molecule has 0 amide bonds. The van der Waals surface area contributed by atoms with Crippen molar-refractivity contribution in [2.24, 2.45) is 5.92 Å². The van der Waals surface area contributed by atoms with E-state index in [0.29, 0.717) is 5.82 Å². The van der Waals surface area contributed by atoms with Gasteiger partial charge in [-0.15, -0.1) is 0 Å². The number of fused-ring (bicyclic) bond motifs is 1. The number of pyridine rings is 1. The number of hydrogen-bond donors (Lipinski definition) is 1. The topological polar surface area (TPSA) is 42.2 Å². The third-order valence-electron chi connectivity index (χ3n) is 3.36. The molecule has 3 nitrogen and oxygen atoms in total. The van der Waals surface area contributed by atoms with Crippen molar-refractivity contribution in [3.63, 3.8) is 0 Å². The Morgan fingerprint density at radius 3 is 2.74 bits per heavy atom. The summed E-state index contributed by atoms with van der Waals surface area (Å²) in [7, 11) is 2.14. The van der Waals surface area contributed by atoms with Crippen LogP contribution in [-0.2, 0) is 6.54 Å². The van der Waals surface area contributed by atoms with Crippen molar-refractivity contribution in [1.29, 1.82) is 0 Å². The van der Waals surface area contributed by atoms with Crippen LogP contribution in [0.15, 0.2) is 30.3 Å². The zero-order valence-electron chi connectivity index (χ0n) is 12.1. The first-order valence-corrected chi connectivity index (χ1v) is 6.89. The summed E-state index contributed by atoms with van der Waals surface area (Å²) >= 11 is 0. The minimum Gasteiger partial charge on any atom is -0.383 e. The molecule has 1 heterocycles. The third-order valence-corrected chi connectivity index (χ3v) is 3.36. The van der Waals surface area contributed by atoms with E-state index in [9.17, 15) is 0 Å². The van der Waals surface area contributed by atoms with Crippen LogP contribution in [0.5, 0.6) is 0 Å². The average molecular weight is 257 g/mol. The Hall–Kier alpha value is -1.61. The highest BCUT2D eigenvalue weighted by Gasteiger charge is 2.07. The van der Waals surface area contributed by atoms with E-state index in [1.807, 2.05) is 18.2 Å². The number of para-hydroxylation sites is 1. The van der Waals surface area contributed by atoms with Crippen molar-refractivity contribution in [1.82, 2.24) is 9.88 Å². The molecular weight excluding hydrogens is 234 g/mol. The van der Waals surface area contributed by atoms with Gasteiger partial charge in [-0.2, -0.15) is 0 Å². The first-order chi connectivity index (χ1) is 9.06. The predicted octanol–water partition coefficient (Wildman–Crippen LogP) is 3.29. The van der Waals surface area contributed by atoms with Crippen LogP contribution in [-0.4, -0.2) is 23.5 Å². The molecule has 0 fully saturated rings. The summed E-state index contributed by atoms with van der Waals surface area (Å²) in [5, 5.41) is 1.16. The quantitative estimate of drug-likeness (QED) is 0.893. The molecule has 0 spiro atoms. The lowest BCUT2D eigenvalue weighted by molar-refractivity contribution is 0.304. The fourth-order valence-corrected chi connectivity index (χ4v) is 2.15. The summed E-state index contributed by atoms with van der Waals surface area (Å²) in [6.45, 7) is 6.44. The van der Waals surface area contributed by atoms with E-state index in [2.05, 4.69) is 42.9 Å². The van der Waals surface area contributed by atoms with Crippen LogP contribution < -0.4 is 5.73 Å². The van der Waals surface area contributed by atoms with Gasteiger partial charge >= 0.3 is 0 Å². The third kappa shape index (κ3) is 3.67. The van der Waals surface area contributed by atoms with E-state index in [-0.39, 0.29) is 0 Å². The van der Waals surface area contributed by atoms with Crippen LogP contribution in [0.25, 0.3) is 10.9 Å². The highest BCUT2D eigenvalue weighted by Crippen LogP contribution is 2.19. The van der Waals surface area contributed by atoms with Gasteiger partial charge < -0.3 is 10.6 Å². The Morgan fingerprint density at radius 1 is 1.26 bits per heavy atom. The van der Waals surface area contributed by atoms with Crippen LogP contribution in [0.4, 0.5) is 5.82 Å². The maximum atomic E-state index is 6.05. The molecule has 0 aliphatic rings. The largest absolute Gasteiger partial charge is 0.383 e. The highest BCUT2D eigenvalue weighted by atomic mass is 15.1. The lowest BCUT2D eigenvalue weighted by atomic mass is 10.1. The Labute approximate surface area is 115 Å². The molecule has 0 atom stereocenters. The van der Waals surface area contributed by atoms with Crippen LogP contribution >= 0.6 is 0 Å². The van der Waals surface area contributed by atoms with E-state index < -0.39 is 0 Å². The van der Waals surface area contributed by atoms with E-state index in [1.165, 1.54) is 6.42 Å². The van der Waals surface area contributed by atoms with Gasteiger partial charge in [-0.1, -0.05) is 32.0 Å². The number of nitrogens with zero attached hydrogens (tertiary/aromatic N) is 2. The van der Waals surface area contributed by atoms with Gasteiger partial charge in [-0.05, 0) is 38.1 Å². The Balaban J connectivity index is 2.13. The number of benzene rings is 1. The van der Waals surface area contributed by atoms with Crippen LogP contribution in [0.2, 0.25) is 0 Å². The van der Waals surface area contributed by atoms with E-state index >= 15 is 0 Å². The number of nitrogens with two attached hydrogens (primary N) is 1. The molecule has 0 saturated carbocycles. The summed E-state index contributed by atoms with van der Waals surface area (Å²) in [5.41, 5.74) is 8.14. The SMILES string of the molecule is CC(C)CCN(C)Cc1cc2ccccc2nc1N. The number of hydrogen-bond acceptors (Lipinski definition) is 3. The minimum absolute atomic E-state index is 0.648. The highest BCUT2D eigenvalue weighted by molar-refractivity contribution is 5.81. The molecule has 1 aromatic carbocycles. The molecule has 1 aromatic heterocycles. The maximum absolute atomic E-state index is 6.05. The van der Waals surface area contributed by atoms with Gasteiger partial charge in [-0.3, -0.25) is 0 Å². The van der Waals surface area contributed by atoms with Gasteiger partial charge in [0.25, 0.3) is 0 Å². The molecule has 3 heteroatoms. The first-order valence-electron chi connectivity index (χ1n) is 6.89. The zero-order chi connectivity index (χ0) is 13.8. The smallest absolute Gasteiger partial charge is 0.128 e. The summed E-state index contributed by atoms with van der Waals surface area (Å²) in [4.78, 5) is 6.78. The van der Waals surface area contributed by atoms with Crippen molar-refractivity contribution in [2.75, 3.05) is 19.3 Å². The second-order valence-corrected chi connectivity index (χ2v) is 5.65. The van der Waals surface area contributed by atoms with Crippen molar-refractivity contribution < 1.29 is 0 Å². The zero-order valence-corrected chi connectivity index (χ0v) is 12.1. The molecule has 2 aromatic rings. The van der Waals surface area contributed by atoms with Gasteiger partial charge in [0.2, 0.25) is 0 Å². The van der Waals surface area contributed by atoms with Gasteiger partial charge in [0.15, 0.2) is 0 Å². The predicted molar refractivity (Wildman–Crippen MR) is 81.9 cm³/mol.